The Morgan fingerprint density at radius 3 is 2.84 bits per heavy atom. The molecule has 1 heterocycles. The van der Waals surface area contributed by atoms with Gasteiger partial charge in [-0.05, 0) is 107 Å². The summed E-state index contributed by atoms with van der Waals surface area (Å²) in [4.78, 5) is 0. The minimum atomic E-state index is -0.106. The quantitative estimate of drug-likeness (QED) is 0.561. The lowest BCUT2D eigenvalue weighted by Crippen LogP contribution is -2.49. The van der Waals surface area contributed by atoms with E-state index in [4.69, 9.17) is 4.74 Å². The van der Waals surface area contributed by atoms with Crippen molar-refractivity contribution in [3.63, 3.8) is 0 Å². The average Bonchev–Trinajstić information content (AvgIpc) is 3.05. The highest BCUT2D eigenvalue weighted by atomic mass is 16.5. The number of nitrogens with one attached hydrogen (secondary N) is 1. The van der Waals surface area contributed by atoms with E-state index in [-0.39, 0.29) is 6.10 Å². The first-order valence-electron chi connectivity index (χ1n) is 13.3. The Hall–Kier alpha value is -0.640. The average molecular weight is 428 g/mol. The normalized spacial score (nSPS) is 47.8. The fraction of sp³-hybridized carbons (Fsp3) is 0.857. The molecule has 5 rings (SSSR count). The van der Waals surface area contributed by atoms with Crippen molar-refractivity contribution in [2.45, 2.75) is 116 Å². The Morgan fingerprint density at radius 2 is 2.03 bits per heavy atom. The van der Waals surface area contributed by atoms with E-state index in [1.807, 2.05) is 0 Å². The van der Waals surface area contributed by atoms with E-state index in [0.29, 0.717) is 23.7 Å². The lowest BCUT2D eigenvalue weighted by Gasteiger charge is -2.48. The maximum atomic E-state index is 10.2. The molecule has 31 heavy (non-hydrogen) atoms. The second-order valence-corrected chi connectivity index (χ2v) is 12.0. The molecule has 3 nitrogen and oxygen atoms in total. The van der Waals surface area contributed by atoms with Crippen LogP contribution in [0, 0.1) is 29.1 Å². The highest BCUT2D eigenvalue weighted by Crippen LogP contribution is 2.62. The Balaban J connectivity index is 1.31. The van der Waals surface area contributed by atoms with Crippen LogP contribution in [0.3, 0.4) is 0 Å². The van der Waals surface area contributed by atoms with E-state index in [2.05, 4.69) is 39.1 Å². The third-order valence-corrected chi connectivity index (χ3v) is 10.1. The molecular formula is C28H45NO2. The van der Waals surface area contributed by atoms with Gasteiger partial charge in [0, 0.05) is 6.04 Å². The first-order chi connectivity index (χ1) is 14.9. The summed E-state index contributed by atoms with van der Waals surface area (Å²) in [5.41, 5.74) is 5.35. The van der Waals surface area contributed by atoms with E-state index in [0.717, 1.165) is 49.5 Å². The van der Waals surface area contributed by atoms with Crippen molar-refractivity contribution in [2.24, 2.45) is 29.1 Å². The van der Waals surface area contributed by atoms with Crippen LogP contribution in [0.4, 0.5) is 0 Å². The zero-order chi connectivity index (χ0) is 21.8. The number of fused-ring (bicyclic) bond motifs is 5. The van der Waals surface area contributed by atoms with Gasteiger partial charge in [-0.25, -0.2) is 0 Å². The summed E-state index contributed by atoms with van der Waals surface area (Å²) < 4.78 is 6.84. The standard InChI is InChI=1S/C28H45NO2/c1-5-26-27(12-17(2)16-29-26)31-21-7-9-22-23-8-6-19-14-20(30)10-11-28(19,4)25(23)15-24(22)18(3)13-21/h6,17,20-23,25-27,29-30H,5,7-16H2,1-4H3/t17-,20-,21-,22-,23-,25?,26-,27+,28-/m0/s1. The van der Waals surface area contributed by atoms with Gasteiger partial charge in [-0.3, -0.25) is 0 Å². The van der Waals surface area contributed by atoms with Crippen LogP contribution < -0.4 is 5.32 Å². The molecule has 174 valence electrons. The van der Waals surface area contributed by atoms with E-state index < -0.39 is 0 Å². The first kappa shape index (κ1) is 22.2. The molecule has 0 radical (unpaired) electrons. The molecule has 9 atom stereocenters. The molecule has 5 aliphatic rings. The lowest BCUT2D eigenvalue weighted by molar-refractivity contribution is -0.0581. The summed E-state index contributed by atoms with van der Waals surface area (Å²) in [7, 11) is 0. The Kier molecular flexibility index (Phi) is 6.16. The molecule has 4 aliphatic carbocycles. The van der Waals surface area contributed by atoms with Crippen molar-refractivity contribution in [3.8, 4) is 0 Å². The highest BCUT2D eigenvalue weighted by molar-refractivity contribution is 5.32. The van der Waals surface area contributed by atoms with Crippen molar-refractivity contribution in [3.05, 3.63) is 22.8 Å². The van der Waals surface area contributed by atoms with Gasteiger partial charge in [0.25, 0.3) is 0 Å². The smallest absolute Gasteiger partial charge is 0.0734 e. The van der Waals surface area contributed by atoms with E-state index >= 15 is 0 Å². The van der Waals surface area contributed by atoms with Crippen LogP contribution in [0.1, 0.15) is 91.9 Å². The number of piperidine rings is 1. The van der Waals surface area contributed by atoms with E-state index in [9.17, 15) is 5.11 Å². The molecule has 0 bridgehead atoms. The topological polar surface area (TPSA) is 41.5 Å². The van der Waals surface area contributed by atoms with Crippen LogP contribution >= 0.6 is 0 Å². The van der Waals surface area contributed by atoms with Crippen molar-refractivity contribution in [2.75, 3.05) is 6.54 Å². The zero-order valence-corrected chi connectivity index (χ0v) is 20.3. The number of hydrogen-bond acceptors (Lipinski definition) is 3. The van der Waals surface area contributed by atoms with Gasteiger partial charge in [-0.2, -0.15) is 0 Å². The molecule has 0 aromatic rings. The van der Waals surface area contributed by atoms with Gasteiger partial charge in [0.05, 0.1) is 18.3 Å². The summed E-state index contributed by atoms with van der Waals surface area (Å²) in [6, 6.07) is 0.528. The third-order valence-electron chi connectivity index (χ3n) is 10.1. The van der Waals surface area contributed by atoms with Gasteiger partial charge in [-0.15, -0.1) is 0 Å². The predicted molar refractivity (Wildman–Crippen MR) is 127 cm³/mol. The largest absolute Gasteiger partial charge is 0.393 e. The molecule has 0 aromatic carbocycles. The molecule has 3 heteroatoms. The summed E-state index contributed by atoms with van der Waals surface area (Å²) in [5.74, 6) is 3.09. The number of hydrogen-bond donors (Lipinski definition) is 2. The number of aliphatic hydroxyl groups is 1. The van der Waals surface area contributed by atoms with Crippen LogP contribution in [0.25, 0.3) is 0 Å². The minimum Gasteiger partial charge on any atom is -0.393 e. The monoisotopic (exact) mass is 427 g/mol. The third kappa shape index (κ3) is 3.97. The van der Waals surface area contributed by atoms with Gasteiger partial charge in [-0.1, -0.05) is 43.6 Å². The van der Waals surface area contributed by atoms with E-state index in [1.54, 1.807) is 16.7 Å². The molecule has 3 fully saturated rings. The summed E-state index contributed by atoms with van der Waals surface area (Å²) in [6.07, 6.45) is 14.9. The Morgan fingerprint density at radius 1 is 1.19 bits per heavy atom. The van der Waals surface area contributed by atoms with Crippen molar-refractivity contribution >= 4 is 0 Å². The summed E-state index contributed by atoms with van der Waals surface area (Å²) >= 11 is 0. The Labute approximate surface area is 190 Å². The molecule has 0 amide bonds. The van der Waals surface area contributed by atoms with Crippen molar-refractivity contribution in [1.29, 1.82) is 0 Å². The fourth-order valence-electron chi connectivity index (χ4n) is 8.21. The molecule has 0 spiro atoms. The second kappa shape index (κ2) is 8.61. The fourth-order valence-corrected chi connectivity index (χ4v) is 8.21. The predicted octanol–water partition coefficient (Wildman–Crippen LogP) is 5.78. The highest BCUT2D eigenvalue weighted by Gasteiger charge is 2.53. The van der Waals surface area contributed by atoms with E-state index in [1.165, 1.54) is 44.9 Å². The van der Waals surface area contributed by atoms with Crippen LogP contribution in [0.2, 0.25) is 0 Å². The maximum absolute atomic E-state index is 10.2. The molecule has 1 unspecified atom stereocenters. The van der Waals surface area contributed by atoms with Gasteiger partial charge >= 0.3 is 0 Å². The molecule has 1 aliphatic heterocycles. The zero-order valence-electron chi connectivity index (χ0n) is 20.3. The molecule has 0 aromatic heterocycles. The van der Waals surface area contributed by atoms with Gasteiger partial charge in [0.1, 0.15) is 0 Å². The lowest BCUT2D eigenvalue weighted by atomic mass is 9.56. The van der Waals surface area contributed by atoms with Crippen molar-refractivity contribution < 1.29 is 9.84 Å². The minimum absolute atomic E-state index is 0.106. The summed E-state index contributed by atoms with van der Waals surface area (Å²) in [5, 5.41) is 14.0. The first-order valence-corrected chi connectivity index (χ1v) is 13.3. The van der Waals surface area contributed by atoms with Crippen LogP contribution in [0.15, 0.2) is 22.8 Å². The number of rotatable bonds is 3. The molecule has 1 saturated heterocycles. The Bertz CT molecular complexity index is 741. The van der Waals surface area contributed by atoms with Crippen LogP contribution in [0.5, 0.6) is 0 Å². The second-order valence-electron chi connectivity index (χ2n) is 12.0. The maximum Gasteiger partial charge on any atom is 0.0734 e. The van der Waals surface area contributed by atoms with Gasteiger partial charge < -0.3 is 15.2 Å². The number of ether oxygens (including phenoxy) is 1. The molecule has 2 saturated carbocycles. The SMILES string of the molecule is CC[C@@H]1NC[C@@H](C)C[C@H]1O[C@H]1CC[C@@H]2C(=C(C)C1)CC1[C@H]2CC=C2C[C@@H](O)CC[C@@]21C. The van der Waals surface area contributed by atoms with Crippen LogP contribution in [-0.4, -0.2) is 36.0 Å². The van der Waals surface area contributed by atoms with Crippen molar-refractivity contribution in [1.82, 2.24) is 5.32 Å². The van der Waals surface area contributed by atoms with Crippen LogP contribution in [-0.2, 0) is 4.74 Å². The van der Waals surface area contributed by atoms with Gasteiger partial charge in [0.15, 0.2) is 0 Å². The molecular weight excluding hydrogens is 382 g/mol. The number of aliphatic hydroxyl groups excluding tert-OH is 1. The van der Waals surface area contributed by atoms with Gasteiger partial charge in [0.2, 0.25) is 0 Å². The number of allylic oxidation sites excluding steroid dienone is 2. The summed E-state index contributed by atoms with van der Waals surface area (Å²) in [6.45, 7) is 10.7. The molecule has 2 N–H and O–H groups in total.